The van der Waals surface area contributed by atoms with Crippen LogP contribution in [-0.2, 0) is 4.79 Å². The van der Waals surface area contributed by atoms with E-state index in [0.717, 1.165) is 36.7 Å². The van der Waals surface area contributed by atoms with Gasteiger partial charge in [-0.2, -0.15) is 0 Å². The molecule has 130 valence electrons. The molecule has 5 heteroatoms. The van der Waals surface area contributed by atoms with Crippen molar-refractivity contribution in [2.45, 2.75) is 19.9 Å². The van der Waals surface area contributed by atoms with Crippen molar-refractivity contribution in [3.05, 3.63) is 59.5 Å². The van der Waals surface area contributed by atoms with Crippen LogP contribution in [0.2, 0.25) is 0 Å². The average Bonchev–Trinajstić information content (AvgIpc) is 3.12. The smallest absolute Gasteiger partial charge is 0.219 e. The van der Waals surface area contributed by atoms with E-state index in [9.17, 15) is 9.18 Å². The third-order valence-electron chi connectivity index (χ3n) is 5.46. The number of nitrogens with zero attached hydrogens (tertiary/aromatic N) is 3. The lowest BCUT2D eigenvalue weighted by atomic mass is 9.89. The van der Waals surface area contributed by atoms with Gasteiger partial charge in [0.1, 0.15) is 11.6 Å². The summed E-state index contributed by atoms with van der Waals surface area (Å²) in [6.45, 7) is 6.05. The van der Waals surface area contributed by atoms with Crippen LogP contribution in [0, 0.1) is 24.6 Å². The molecule has 0 unspecified atom stereocenters. The molecule has 1 aromatic heterocycles. The molecule has 3 atom stereocenters. The fourth-order valence-corrected chi connectivity index (χ4v) is 4.38. The van der Waals surface area contributed by atoms with Gasteiger partial charge in [0.15, 0.2) is 0 Å². The van der Waals surface area contributed by atoms with Gasteiger partial charge in [-0.15, -0.1) is 0 Å². The van der Waals surface area contributed by atoms with Crippen molar-refractivity contribution in [3.63, 3.8) is 0 Å². The molecule has 3 heterocycles. The molecular weight excluding hydrogens is 317 g/mol. The molecule has 25 heavy (non-hydrogen) atoms. The molecule has 0 saturated carbocycles. The number of carbonyl (C=O) groups is 1. The quantitative estimate of drug-likeness (QED) is 0.843. The van der Waals surface area contributed by atoms with Crippen LogP contribution in [0.3, 0.4) is 0 Å². The number of amides is 1. The SMILES string of the molecule is CC(=O)N1C[C@H]2CN(c3cccc(C)n3)C[C@H]2[C@H]1c1cccc(F)c1. The number of anilines is 1. The Hall–Kier alpha value is -2.43. The Labute approximate surface area is 147 Å². The van der Waals surface area contributed by atoms with Crippen molar-refractivity contribution in [1.82, 2.24) is 9.88 Å². The van der Waals surface area contributed by atoms with Crippen LogP contribution in [-0.4, -0.2) is 35.4 Å². The van der Waals surface area contributed by atoms with Gasteiger partial charge in [0, 0.05) is 44.1 Å². The van der Waals surface area contributed by atoms with Gasteiger partial charge in [-0.1, -0.05) is 18.2 Å². The number of hydrogen-bond donors (Lipinski definition) is 0. The fourth-order valence-electron chi connectivity index (χ4n) is 4.38. The molecule has 0 spiro atoms. The largest absolute Gasteiger partial charge is 0.356 e. The maximum Gasteiger partial charge on any atom is 0.219 e. The summed E-state index contributed by atoms with van der Waals surface area (Å²) >= 11 is 0. The number of carbonyl (C=O) groups excluding carboxylic acids is 1. The van der Waals surface area contributed by atoms with E-state index in [-0.39, 0.29) is 17.8 Å². The normalized spacial score (nSPS) is 25.3. The number of pyridine rings is 1. The fraction of sp³-hybridized carbons (Fsp3) is 0.400. The summed E-state index contributed by atoms with van der Waals surface area (Å²) in [7, 11) is 0. The van der Waals surface area contributed by atoms with E-state index in [4.69, 9.17) is 0 Å². The van der Waals surface area contributed by atoms with Crippen LogP contribution in [0.15, 0.2) is 42.5 Å². The Bertz CT molecular complexity index is 809. The van der Waals surface area contributed by atoms with E-state index in [1.54, 1.807) is 19.1 Å². The summed E-state index contributed by atoms with van der Waals surface area (Å²) in [5.41, 5.74) is 1.89. The van der Waals surface area contributed by atoms with Crippen LogP contribution >= 0.6 is 0 Å². The summed E-state index contributed by atoms with van der Waals surface area (Å²) < 4.78 is 13.8. The number of aryl methyl sites for hydroxylation is 1. The average molecular weight is 339 g/mol. The number of fused-ring (bicyclic) bond motifs is 1. The van der Waals surface area contributed by atoms with Gasteiger partial charge in [-0.3, -0.25) is 4.79 Å². The summed E-state index contributed by atoms with van der Waals surface area (Å²) in [6.07, 6.45) is 0. The second-order valence-corrected chi connectivity index (χ2v) is 7.14. The predicted octanol–water partition coefficient (Wildman–Crippen LogP) is 3.18. The van der Waals surface area contributed by atoms with E-state index in [2.05, 4.69) is 9.88 Å². The lowest BCUT2D eigenvalue weighted by Gasteiger charge is -2.29. The van der Waals surface area contributed by atoms with Crippen molar-refractivity contribution in [2.75, 3.05) is 24.5 Å². The molecule has 2 aliphatic heterocycles. The summed E-state index contributed by atoms with van der Waals surface area (Å²) in [5.74, 6) is 1.48. The molecule has 4 nitrogen and oxygen atoms in total. The predicted molar refractivity (Wildman–Crippen MR) is 94.7 cm³/mol. The molecule has 2 aliphatic rings. The minimum atomic E-state index is -0.250. The van der Waals surface area contributed by atoms with Crippen LogP contribution in [0.25, 0.3) is 0 Å². The monoisotopic (exact) mass is 339 g/mol. The summed E-state index contributed by atoms with van der Waals surface area (Å²) in [4.78, 5) is 21.0. The number of benzene rings is 1. The number of hydrogen-bond acceptors (Lipinski definition) is 3. The first-order valence-corrected chi connectivity index (χ1v) is 8.74. The van der Waals surface area contributed by atoms with E-state index >= 15 is 0 Å². The molecule has 2 saturated heterocycles. The zero-order chi connectivity index (χ0) is 17.6. The highest BCUT2D eigenvalue weighted by atomic mass is 19.1. The lowest BCUT2D eigenvalue weighted by Crippen LogP contribution is -2.34. The van der Waals surface area contributed by atoms with Gasteiger partial charge in [-0.25, -0.2) is 9.37 Å². The van der Waals surface area contributed by atoms with Gasteiger partial charge in [0.2, 0.25) is 5.91 Å². The number of halogens is 1. The zero-order valence-electron chi connectivity index (χ0n) is 14.5. The molecule has 2 aromatic rings. The Balaban J connectivity index is 1.64. The van der Waals surface area contributed by atoms with Crippen molar-refractivity contribution in [1.29, 1.82) is 0 Å². The molecule has 0 radical (unpaired) electrons. The lowest BCUT2D eigenvalue weighted by molar-refractivity contribution is -0.130. The molecule has 0 N–H and O–H groups in total. The summed E-state index contributed by atoms with van der Waals surface area (Å²) in [6, 6.07) is 12.7. The maximum absolute atomic E-state index is 13.8. The molecule has 4 rings (SSSR count). The van der Waals surface area contributed by atoms with Crippen molar-refractivity contribution in [2.24, 2.45) is 11.8 Å². The van der Waals surface area contributed by atoms with Crippen LogP contribution in [0.1, 0.15) is 24.2 Å². The van der Waals surface area contributed by atoms with E-state index < -0.39 is 0 Å². The number of likely N-dealkylation sites (tertiary alicyclic amines) is 1. The second kappa shape index (κ2) is 6.14. The van der Waals surface area contributed by atoms with Crippen LogP contribution in [0.5, 0.6) is 0 Å². The summed E-state index contributed by atoms with van der Waals surface area (Å²) in [5, 5.41) is 0. The van der Waals surface area contributed by atoms with Gasteiger partial charge in [0.05, 0.1) is 6.04 Å². The first kappa shape index (κ1) is 16.1. The van der Waals surface area contributed by atoms with Crippen molar-refractivity contribution in [3.8, 4) is 0 Å². The first-order chi connectivity index (χ1) is 12.0. The minimum absolute atomic E-state index is 0.0592. The Morgan fingerprint density at radius 3 is 2.68 bits per heavy atom. The third-order valence-corrected chi connectivity index (χ3v) is 5.46. The Kier molecular flexibility index (Phi) is 3.94. The van der Waals surface area contributed by atoms with Crippen LogP contribution in [0.4, 0.5) is 10.2 Å². The van der Waals surface area contributed by atoms with E-state index in [0.29, 0.717) is 11.8 Å². The molecule has 2 fully saturated rings. The van der Waals surface area contributed by atoms with E-state index in [1.165, 1.54) is 6.07 Å². The maximum atomic E-state index is 13.8. The highest BCUT2D eigenvalue weighted by molar-refractivity contribution is 5.74. The standard InChI is InChI=1S/C20H22FN3O/c1-13-5-3-8-19(22-13)23-10-16-11-24(14(2)25)20(18(16)12-23)15-6-4-7-17(21)9-15/h3-9,16,18,20H,10-12H2,1-2H3/t16-,18-,20-/m1/s1. The van der Waals surface area contributed by atoms with Gasteiger partial charge < -0.3 is 9.80 Å². The van der Waals surface area contributed by atoms with Crippen LogP contribution < -0.4 is 4.90 Å². The molecule has 1 aromatic carbocycles. The Morgan fingerprint density at radius 1 is 1.16 bits per heavy atom. The number of rotatable bonds is 2. The zero-order valence-corrected chi connectivity index (χ0v) is 14.5. The van der Waals surface area contributed by atoms with Crippen molar-refractivity contribution >= 4 is 11.7 Å². The van der Waals surface area contributed by atoms with Gasteiger partial charge >= 0.3 is 0 Å². The molecule has 1 amide bonds. The molecular formula is C20H22FN3O. The third kappa shape index (κ3) is 2.88. The minimum Gasteiger partial charge on any atom is -0.356 e. The molecule has 0 bridgehead atoms. The van der Waals surface area contributed by atoms with E-state index in [1.807, 2.05) is 36.1 Å². The highest BCUT2D eigenvalue weighted by Gasteiger charge is 2.48. The molecule has 0 aliphatic carbocycles. The first-order valence-electron chi connectivity index (χ1n) is 8.74. The van der Waals surface area contributed by atoms with Gasteiger partial charge in [0.25, 0.3) is 0 Å². The Morgan fingerprint density at radius 2 is 1.96 bits per heavy atom. The van der Waals surface area contributed by atoms with Crippen molar-refractivity contribution < 1.29 is 9.18 Å². The van der Waals surface area contributed by atoms with Gasteiger partial charge in [-0.05, 0) is 36.8 Å². The topological polar surface area (TPSA) is 36.4 Å². The number of aromatic nitrogens is 1. The highest BCUT2D eigenvalue weighted by Crippen LogP contribution is 2.45. The second-order valence-electron chi connectivity index (χ2n) is 7.14.